The molecule has 2 aromatic rings. The highest BCUT2D eigenvalue weighted by Gasteiger charge is 2.20. The molecule has 3 rings (SSSR count). The molecular formula is C22H29IN4O2. The van der Waals surface area contributed by atoms with Crippen LogP contribution >= 0.6 is 24.0 Å². The predicted molar refractivity (Wildman–Crippen MR) is 127 cm³/mol. The van der Waals surface area contributed by atoms with Crippen LogP contribution in [0.2, 0.25) is 0 Å². The summed E-state index contributed by atoms with van der Waals surface area (Å²) in [5.74, 6) is 1.59. The molecule has 0 spiro atoms. The zero-order valence-corrected chi connectivity index (χ0v) is 19.1. The van der Waals surface area contributed by atoms with E-state index in [1.807, 2.05) is 41.3 Å². The van der Waals surface area contributed by atoms with E-state index in [1.165, 1.54) is 11.1 Å². The zero-order valence-electron chi connectivity index (χ0n) is 16.8. The molecule has 29 heavy (non-hydrogen) atoms. The number of guanidine groups is 1. The summed E-state index contributed by atoms with van der Waals surface area (Å²) in [5.41, 5.74) is 2.58. The number of fused-ring (bicyclic) bond motifs is 1. The Morgan fingerprint density at radius 3 is 2.55 bits per heavy atom. The topological polar surface area (TPSA) is 66.0 Å². The summed E-state index contributed by atoms with van der Waals surface area (Å²) >= 11 is 0. The maximum atomic E-state index is 12.5. The Kier molecular flexibility index (Phi) is 9.76. The van der Waals surface area contributed by atoms with Gasteiger partial charge >= 0.3 is 0 Å². The molecule has 2 N–H and O–H groups in total. The van der Waals surface area contributed by atoms with E-state index in [0.717, 1.165) is 31.7 Å². The summed E-state index contributed by atoms with van der Waals surface area (Å²) in [4.78, 5) is 18.6. The van der Waals surface area contributed by atoms with Gasteiger partial charge in [0.05, 0.1) is 13.2 Å². The first kappa shape index (κ1) is 23.0. The molecule has 0 aliphatic carbocycles. The van der Waals surface area contributed by atoms with Crippen molar-refractivity contribution in [2.24, 2.45) is 4.99 Å². The molecule has 0 atom stereocenters. The standard InChI is InChI=1S/C22H28N4O2.HI/c1-23-22(24-13-7-15-28-20-10-3-2-4-11-20)25-16-21(27)26-14-12-18-8-5-6-9-19(18)17-26;/h2-6,8-11H,7,12-17H2,1H3,(H2,23,24,25);1H. The van der Waals surface area contributed by atoms with Crippen LogP contribution in [0.25, 0.3) is 0 Å². The van der Waals surface area contributed by atoms with E-state index in [2.05, 4.69) is 33.8 Å². The summed E-state index contributed by atoms with van der Waals surface area (Å²) in [7, 11) is 1.71. The molecule has 1 aliphatic rings. The second kappa shape index (κ2) is 12.3. The van der Waals surface area contributed by atoms with Gasteiger partial charge in [-0.1, -0.05) is 42.5 Å². The summed E-state index contributed by atoms with van der Waals surface area (Å²) in [6.45, 7) is 3.03. The second-order valence-corrected chi connectivity index (χ2v) is 6.70. The number of aliphatic imine (C=N–C) groups is 1. The van der Waals surface area contributed by atoms with Crippen LogP contribution in [0.3, 0.4) is 0 Å². The number of carbonyl (C=O) groups is 1. The highest BCUT2D eigenvalue weighted by molar-refractivity contribution is 14.0. The van der Waals surface area contributed by atoms with E-state index in [9.17, 15) is 4.79 Å². The van der Waals surface area contributed by atoms with E-state index in [4.69, 9.17) is 4.74 Å². The van der Waals surface area contributed by atoms with Gasteiger partial charge in [0.2, 0.25) is 5.91 Å². The number of ether oxygens (including phenoxy) is 1. The molecule has 0 unspecified atom stereocenters. The lowest BCUT2D eigenvalue weighted by Crippen LogP contribution is -2.46. The molecule has 0 saturated heterocycles. The number of carbonyl (C=O) groups excluding carboxylic acids is 1. The number of nitrogens with one attached hydrogen (secondary N) is 2. The first-order valence-electron chi connectivity index (χ1n) is 9.73. The Hall–Kier alpha value is -2.29. The molecule has 156 valence electrons. The Balaban J connectivity index is 0.00000300. The number of hydrogen-bond acceptors (Lipinski definition) is 3. The number of halogens is 1. The number of rotatable bonds is 7. The van der Waals surface area contributed by atoms with Crippen LogP contribution in [0.1, 0.15) is 17.5 Å². The van der Waals surface area contributed by atoms with Crippen LogP contribution in [-0.4, -0.2) is 50.1 Å². The van der Waals surface area contributed by atoms with Gasteiger partial charge in [-0.2, -0.15) is 0 Å². The van der Waals surface area contributed by atoms with Crippen LogP contribution in [0.15, 0.2) is 59.6 Å². The fourth-order valence-corrected chi connectivity index (χ4v) is 3.19. The molecule has 0 aromatic heterocycles. The molecule has 7 heteroatoms. The minimum absolute atomic E-state index is 0. The van der Waals surface area contributed by atoms with Crippen molar-refractivity contribution in [2.75, 3.05) is 33.3 Å². The third-order valence-electron chi connectivity index (χ3n) is 4.74. The third kappa shape index (κ3) is 7.23. The van der Waals surface area contributed by atoms with Gasteiger partial charge in [-0.15, -0.1) is 24.0 Å². The largest absolute Gasteiger partial charge is 0.494 e. The Morgan fingerprint density at radius 2 is 1.79 bits per heavy atom. The summed E-state index contributed by atoms with van der Waals surface area (Å²) in [5, 5.41) is 6.32. The smallest absolute Gasteiger partial charge is 0.242 e. The van der Waals surface area contributed by atoms with E-state index in [-0.39, 0.29) is 36.4 Å². The minimum Gasteiger partial charge on any atom is -0.494 e. The molecule has 2 aromatic carbocycles. The lowest BCUT2D eigenvalue weighted by atomic mass is 10.00. The first-order valence-corrected chi connectivity index (χ1v) is 9.73. The Labute approximate surface area is 189 Å². The third-order valence-corrected chi connectivity index (χ3v) is 4.74. The van der Waals surface area contributed by atoms with Crippen molar-refractivity contribution in [3.63, 3.8) is 0 Å². The average Bonchev–Trinajstić information content (AvgIpc) is 2.75. The van der Waals surface area contributed by atoms with Crippen molar-refractivity contribution in [1.29, 1.82) is 0 Å². The van der Waals surface area contributed by atoms with Crippen molar-refractivity contribution in [2.45, 2.75) is 19.4 Å². The molecule has 1 aliphatic heterocycles. The van der Waals surface area contributed by atoms with Crippen LogP contribution in [0.4, 0.5) is 0 Å². The maximum absolute atomic E-state index is 12.5. The molecule has 0 saturated carbocycles. The van der Waals surface area contributed by atoms with Crippen LogP contribution in [0, 0.1) is 0 Å². The van der Waals surface area contributed by atoms with Gasteiger partial charge in [-0.25, -0.2) is 0 Å². The molecule has 0 bridgehead atoms. The van der Waals surface area contributed by atoms with Crippen molar-refractivity contribution in [1.82, 2.24) is 15.5 Å². The van der Waals surface area contributed by atoms with Crippen LogP contribution < -0.4 is 15.4 Å². The van der Waals surface area contributed by atoms with Gasteiger partial charge in [0.1, 0.15) is 5.75 Å². The van der Waals surface area contributed by atoms with Crippen LogP contribution in [-0.2, 0) is 17.8 Å². The van der Waals surface area contributed by atoms with E-state index in [1.54, 1.807) is 7.05 Å². The Bertz CT molecular complexity index is 798. The number of benzene rings is 2. The summed E-state index contributed by atoms with van der Waals surface area (Å²) in [6, 6.07) is 18.1. The fraction of sp³-hybridized carbons (Fsp3) is 0.364. The van der Waals surface area contributed by atoms with Gasteiger partial charge in [0.25, 0.3) is 0 Å². The summed E-state index contributed by atoms with van der Waals surface area (Å²) in [6.07, 6.45) is 1.75. The SMILES string of the molecule is CN=C(NCCCOc1ccccc1)NCC(=O)N1CCc2ccccc2C1.I. The van der Waals surface area contributed by atoms with Gasteiger partial charge in [0, 0.05) is 26.7 Å². The van der Waals surface area contributed by atoms with Gasteiger partial charge in [0.15, 0.2) is 5.96 Å². The van der Waals surface area contributed by atoms with Crippen molar-refractivity contribution < 1.29 is 9.53 Å². The molecule has 1 heterocycles. The minimum atomic E-state index is 0. The van der Waals surface area contributed by atoms with Crippen molar-refractivity contribution >= 4 is 35.8 Å². The van der Waals surface area contributed by atoms with Gasteiger partial charge in [-0.05, 0) is 36.1 Å². The fourth-order valence-electron chi connectivity index (χ4n) is 3.19. The highest BCUT2D eigenvalue weighted by Crippen LogP contribution is 2.18. The predicted octanol–water partition coefficient (Wildman–Crippen LogP) is 2.82. The number of para-hydroxylation sites is 1. The molecule has 6 nitrogen and oxygen atoms in total. The van der Waals surface area contributed by atoms with E-state index in [0.29, 0.717) is 19.1 Å². The lowest BCUT2D eigenvalue weighted by molar-refractivity contribution is -0.130. The number of nitrogens with zero attached hydrogens (tertiary/aromatic N) is 2. The highest BCUT2D eigenvalue weighted by atomic mass is 127. The molecule has 0 fully saturated rings. The number of amides is 1. The van der Waals surface area contributed by atoms with Crippen LogP contribution in [0.5, 0.6) is 5.75 Å². The van der Waals surface area contributed by atoms with Crippen molar-refractivity contribution in [3.8, 4) is 5.75 Å². The maximum Gasteiger partial charge on any atom is 0.242 e. The van der Waals surface area contributed by atoms with Crippen molar-refractivity contribution in [3.05, 3.63) is 65.7 Å². The van der Waals surface area contributed by atoms with E-state index < -0.39 is 0 Å². The quantitative estimate of drug-likeness (QED) is 0.261. The molecule has 1 amide bonds. The summed E-state index contributed by atoms with van der Waals surface area (Å²) < 4.78 is 5.67. The zero-order chi connectivity index (χ0) is 19.6. The first-order chi connectivity index (χ1) is 13.8. The van der Waals surface area contributed by atoms with Gasteiger partial charge < -0.3 is 20.3 Å². The molecule has 0 radical (unpaired) electrons. The second-order valence-electron chi connectivity index (χ2n) is 6.70. The normalized spacial score (nSPS) is 13.1. The molecular weight excluding hydrogens is 479 g/mol. The average molecular weight is 508 g/mol. The van der Waals surface area contributed by atoms with Gasteiger partial charge in [-0.3, -0.25) is 9.79 Å². The monoisotopic (exact) mass is 508 g/mol. The number of hydrogen-bond donors (Lipinski definition) is 2. The van der Waals surface area contributed by atoms with E-state index >= 15 is 0 Å². The Morgan fingerprint density at radius 1 is 1.07 bits per heavy atom. The lowest BCUT2D eigenvalue weighted by Gasteiger charge is -2.29.